The van der Waals surface area contributed by atoms with Crippen LogP contribution in [0.2, 0.25) is 0 Å². The van der Waals surface area contributed by atoms with Gasteiger partial charge in [0.05, 0.1) is 6.61 Å². The van der Waals surface area contributed by atoms with Crippen molar-refractivity contribution < 1.29 is 4.74 Å². The number of hydrogen-bond acceptors (Lipinski definition) is 2. The maximum atomic E-state index is 5.54. The zero-order chi connectivity index (χ0) is 9.97. The zero-order valence-electron chi connectivity index (χ0n) is 8.68. The minimum atomic E-state index is 0.768. The molecule has 2 N–H and O–H groups in total. The average Bonchev–Trinajstić information content (AvgIpc) is 2.64. The van der Waals surface area contributed by atoms with Gasteiger partial charge in [-0.15, -0.1) is 0 Å². The van der Waals surface area contributed by atoms with Gasteiger partial charge in [0.1, 0.15) is 5.75 Å². The molecule has 0 aliphatic carbocycles. The highest BCUT2D eigenvalue weighted by Gasteiger charge is 2.16. The normalized spacial score (nSPS) is 13.9. The van der Waals surface area contributed by atoms with Gasteiger partial charge in [-0.05, 0) is 43.5 Å². The number of nitrogens with two attached hydrogens (primary N) is 1. The summed E-state index contributed by atoms with van der Waals surface area (Å²) in [5, 5.41) is 0. The summed E-state index contributed by atoms with van der Waals surface area (Å²) in [6.07, 6.45) is 3.23. The van der Waals surface area contributed by atoms with E-state index in [-0.39, 0.29) is 0 Å². The van der Waals surface area contributed by atoms with E-state index in [1.54, 1.807) is 0 Å². The number of fused-ring (bicyclic) bond motifs is 1. The third-order valence-electron chi connectivity index (χ3n) is 2.86. The van der Waals surface area contributed by atoms with Gasteiger partial charge in [0.25, 0.3) is 0 Å². The van der Waals surface area contributed by atoms with Crippen molar-refractivity contribution >= 4 is 0 Å². The average molecular weight is 191 g/mol. The van der Waals surface area contributed by atoms with Crippen LogP contribution >= 0.6 is 0 Å². The molecule has 2 heteroatoms. The van der Waals surface area contributed by atoms with Crippen molar-refractivity contribution in [1.29, 1.82) is 0 Å². The van der Waals surface area contributed by atoms with Crippen LogP contribution in [0.15, 0.2) is 12.1 Å². The van der Waals surface area contributed by atoms with Gasteiger partial charge in [-0.3, -0.25) is 0 Å². The first kappa shape index (κ1) is 9.53. The minimum absolute atomic E-state index is 0.768. The Balaban J connectivity index is 2.31. The number of aryl methyl sites for hydroxylation is 1. The summed E-state index contributed by atoms with van der Waals surface area (Å²) in [6.45, 7) is 3.78. The monoisotopic (exact) mass is 191 g/mol. The summed E-state index contributed by atoms with van der Waals surface area (Å²) in [7, 11) is 0. The fourth-order valence-corrected chi connectivity index (χ4v) is 2.09. The van der Waals surface area contributed by atoms with Crippen LogP contribution in [0.1, 0.15) is 23.1 Å². The van der Waals surface area contributed by atoms with Gasteiger partial charge < -0.3 is 10.5 Å². The molecule has 2 rings (SSSR count). The molecule has 0 bridgehead atoms. The van der Waals surface area contributed by atoms with Crippen LogP contribution in [0.25, 0.3) is 0 Å². The first-order chi connectivity index (χ1) is 6.83. The first-order valence-corrected chi connectivity index (χ1v) is 5.27. The molecule has 0 fully saturated rings. The van der Waals surface area contributed by atoms with Crippen LogP contribution in [-0.4, -0.2) is 13.2 Å². The number of ether oxygens (including phenoxy) is 1. The molecule has 0 atom stereocenters. The van der Waals surface area contributed by atoms with E-state index in [4.69, 9.17) is 10.5 Å². The molecule has 2 nitrogen and oxygen atoms in total. The Bertz CT molecular complexity index is 333. The van der Waals surface area contributed by atoms with Gasteiger partial charge >= 0.3 is 0 Å². The smallest absolute Gasteiger partial charge is 0.122 e. The summed E-state index contributed by atoms with van der Waals surface area (Å²) in [5.41, 5.74) is 9.80. The topological polar surface area (TPSA) is 35.2 Å². The molecule has 14 heavy (non-hydrogen) atoms. The fourth-order valence-electron chi connectivity index (χ4n) is 2.09. The Kier molecular flexibility index (Phi) is 2.73. The van der Waals surface area contributed by atoms with E-state index in [0.717, 1.165) is 38.2 Å². The van der Waals surface area contributed by atoms with Crippen molar-refractivity contribution in [3.8, 4) is 5.75 Å². The van der Waals surface area contributed by atoms with Crippen LogP contribution in [0.5, 0.6) is 5.75 Å². The van der Waals surface area contributed by atoms with Gasteiger partial charge in [0.2, 0.25) is 0 Å². The van der Waals surface area contributed by atoms with Crippen molar-refractivity contribution in [2.75, 3.05) is 13.2 Å². The SMILES string of the molecule is Cc1ccc2c(c1CCCN)CCO2. The van der Waals surface area contributed by atoms with Gasteiger partial charge in [-0.2, -0.15) is 0 Å². The van der Waals surface area contributed by atoms with E-state index >= 15 is 0 Å². The minimum Gasteiger partial charge on any atom is -0.493 e. The molecular weight excluding hydrogens is 174 g/mol. The van der Waals surface area contributed by atoms with Gasteiger partial charge in [0, 0.05) is 12.0 Å². The molecule has 0 radical (unpaired) electrons. The van der Waals surface area contributed by atoms with Crippen LogP contribution in [-0.2, 0) is 12.8 Å². The van der Waals surface area contributed by atoms with Crippen molar-refractivity contribution in [3.63, 3.8) is 0 Å². The Hall–Kier alpha value is -1.02. The van der Waals surface area contributed by atoms with Gasteiger partial charge in [0.15, 0.2) is 0 Å². The number of hydrogen-bond donors (Lipinski definition) is 1. The number of rotatable bonds is 3. The predicted molar refractivity (Wildman–Crippen MR) is 57.8 cm³/mol. The Morgan fingerprint density at radius 2 is 2.29 bits per heavy atom. The largest absolute Gasteiger partial charge is 0.493 e. The van der Waals surface area contributed by atoms with Crippen LogP contribution in [0.3, 0.4) is 0 Å². The predicted octanol–water partition coefficient (Wildman–Crippen LogP) is 1.82. The summed E-state index contributed by atoms with van der Waals surface area (Å²) in [5.74, 6) is 1.09. The molecule has 76 valence electrons. The highest BCUT2D eigenvalue weighted by molar-refractivity contribution is 5.46. The first-order valence-electron chi connectivity index (χ1n) is 5.27. The van der Waals surface area contributed by atoms with E-state index in [0.29, 0.717) is 0 Å². The van der Waals surface area contributed by atoms with Crippen LogP contribution in [0, 0.1) is 6.92 Å². The summed E-state index contributed by atoms with van der Waals surface area (Å²) < 4.78 is 5.54. The second-order valence-electron chi connectivity index (χ2n) is 3.83. The number of benzene rings is 1. The fraction of sp³-hybridized carbons (Fsp3) is 0.500. The summed E-state index contributed by atoms with van der Waals surface area (Å²) >= 11 is 0. The van der Waals surface area contributed by atoms with E-state index in [2.05, 4.69) is 19.1 Å². The van der Waals surface area contributed by atoms with Crippen LogP contribution in [0.4, 0.5) is 0 Å². The Morgan fingerprint density at radius 3 is 3.07 bits per heavy atom. The highest BCUT2D eigenvalue weighted by atomic mass is 16.5. The second kappa shape index (κ2) is 4.01. The standard InChI is InChI=1S/C12H17NO/c1-9-4-5-12-11(6-8-14-12)10(9)3-2-7-13/h4-5H,2-3,6-8,13H2,1H3. The molecule has 0 amide bonds. The molecule has 0 saturated heterocycles. The third-order valence-corrected chi connectivity index (χ3v) is 2.86. The lowest BCUT2D eigenvalue weighted by molar-refractivity contribution is 0.357. The lowest BCUT2D eigenvalue weighted by atomic mass is 9.96. The summed E-state index contributed by atoms with van der Waals surface area (Å²) in [4.78, 5) is 0. The van der Waals surface area contributed by atoms with Crippen molar-refractivity contribution in [2.45, 2.75) is 26.2 Å². The molecule has 0 aromatic heterocycles. The Labute approximate surface area is 85.1 Å². The maximum absolute atomic E-state index is 5.54. The lowest BCUT2D eigenvalue weighted by Crippen LogP contribution is -2.03. The quantitative estimate of drug-likeness (QED) is 0.791. The Morgan fingerprint density at radius 1 is 1.43 bits per heavy atom. The highest BCUT2D eigenvalue weighted by Crippen LogP contribution is 2.31. The molecule has 0 saturated carbocycles. The van der Waals surface area contributed by atoms with Gasteiger partial charge in [-0.25, -0.2) is 0 Å². The van der Waals surface area contributed by atoms with Gasteiger partial charge in [-0.1, -0.05) is 6.07 Å². The molecule has 1 aromatic rings. The van der Waals surface area contributed by atoms with E-state index < -0.39 is 0 Å². The summed E-state index contributed by atoms with van der Waals surface area (Å²) in [6, 6.07) is 4.24. The van der Waals surface area contributed by atoms with E-state index in [9.17, 15) is 0 Å². The van der Waals surface area contributed by atoms with Crippen molar-refractivity contribution in [2.24, 2.45) is 5.73 Å². The van der Waals surface area contributed by atoms with Crippen molar-refractivity contribution in [1.82, 2.24) is 0 Å². The zero-order valence-corrected chi connectivity index (χ0v) is 8.68. The maximum Gasteiger partial charge on any atom is 0.122 e. The third kappa shape index (κ3) is 1.62. The molecule has 1 aromatic carbocycles. The molecule has 0 unspecified atom stereocenters. The van der Waals surface area contributed by atoms with E-state index in [1.165, 1.54) is 16.7 Å². The molecule has 0 spiro atoms. The van der Waals surface area contributed by atoms with E-state index in [1.807, 2.05) is 0 Å². The van der Waals surface area contributed by atoms with Crippen LogP contribution < -0.4 is 10.5 Å². The molecule has 1 heterocycles. The molecule has 1 aliphatic rings. The van der Waals surface area contributed by atoms with Crippen molar-refractivity contribution in [3.05, 3.63) is 28.8 Å². The lowest BCUT2D eigenvalue weighted by Gasteiger charge is -2.09. The second-order valence-corrected chi connectivity index (χ2v) is 3.83. The molecular formula is C12H17NO. The molecule has 1 aliphatic heterocycles.